The molecule has 6 heteroatoms. The maximum absolute atomic E-state index is 9.02. The topological polar surface area (TPSA) is 66.6 Å². The molecule has 1 N–H and O–H groups in total. The van der Waals surface area contributed by atoms with Gasteiger partial charge in [0.15, 0.2) is 0 Å². The van der Waals surface area contributed by atoms with E-state index in [1.165, 1.54) is 0 Å². The molecule has 24 heavy (non-hydrogen) atoms. The third kappa shape index (κ3) is 2.34. The Labute approximate surface area is 146 Å². The highest BCUT2D eigenvalue weighted by Gasteiger charge is 2.14. The summed E-state index contributed by atoms with van der Waals surface area (Å²) in [5.74, 6) is 0.811. The highest BCUT2D eigenvalue weighted by molar-refractivity contribution is 9.10. The lowest BCUT2D eigenvalue weighted by atomic mass is 10.1. The standard InChI is InChI=1S/C18H13BrN4O/c1-24-17-7-15(19)18-13(4-5-21-18)14(17)10-23-9-12-3-2-11(8-20)6-16(12)22-23/h2-7,9,21H,10H2,1H3. The number of hydrogen-bond acceptors (Lipinski definition) is 3. The lowest BCUT2D eigenvalue weighted by molar-refractivity contribution is 0.408. The van der Waals surface area contributed by atoms with Gasteiger partial charge < -0.3 is 9.72 Å². The Morgan fingerprint density at radius 1 is 1.33 bits per heavy atom. The second kappa shape index (κ2) is 5.69. The third-order valence-corrected chi connectivity index (χ3v) is 4.72. The number of H-pyrrole nitrogens is 1. The molecule has 0 saturated heterocycles. The average molecular weight is 381 g/mol. The van der Waals surface area contributed by atoms with Crippen molar-refractivity contribution in [1.29, 1.82) is 5.26 Å². The van der Waals surface area contributed by atoms with Crippen LogP contribution in [0.3, 0.4) is 0 Å². The first kappa shape index (κ1) is 14.8. The van der Waals surface area contributed by atoms with E-state index in [0.29, 0.717) is 12.1 Å². The van der Waals surface area contributed by atoms with Crippen LogP contribution in [0.5, 0.6) is 5.75 Å². The Balaban J connectivity index is 1.83. The molecular weight excluding hydrogens is 368 g/mol. The van der Waals surface area contributed by atoms with E-state index in [9.17, 15) is 0 Å². The monoisotopic (exact) mass is 380 g/mol. The van der Waals surface area contributed by atoms with Crippen molar-refractivity contribution >= 4 is 37.7 Å². The molecule has 4 aromatic rings. The molecule has 0 aliphatic rings. The molecule has 0 aliphatic carbocycles. The van der Waals surface area contributed by atoms with Gasteiger partial charge >= 0.3 is 0 Å². The second-order valence-corrected chi connectivity index (χ2v) is 6.37. The summed E-state index contributed by atoms with van der Waals surface area (Å²) >= 11 is 3.57. The fourth-order valence-electron chi connectivity index (χ4n) is 2.95. The minimum Gasteiger partial charge on any atom is -0.496 e. The molecule has 0 unspecified atom stereocenters. The van der Waals surface area contributed by atoms with Crippen molar-refractivity contribution < 1.29 is 4.74 Å². The van der Waals surface area contributed by atoms with Gasteiger partial charge in [-0.1, -0.05) is 0 Å². The van der Waals surface area contributed by atoms with Gasteiger partial charge in [-0.2, -0.15) is 10.4 Å². The largest absolute Gasteiger partial charge is 0.496 e. The van der Waals surface area contributed by atoms with Crippen molar-refractivity contribution in [2.75, 3.05) is 7.11 Å². The van der Waals surface area contributed by atoms with Crippen molar-refractivity contribution in [2.45, 2.75) is 6.54 Å². The zero-order valence-corrected chi connectivity index (χ0v) is 14.5. The molecule has 2 aromatic heterocycles. The fraction of sp³-hybridized carbons (Fsp3) is 0.111. The van der Waals surface area contributed by atoms with Crippen molar-refractivity contribution in [1.82, 2.24) is 14.8 Å². The highest BCUT2D eigenvalue weighted by atomic mass is 79.9. The van der Waals surface area contributed by atoms with Gasteiger partial charge in [-0.05, 0) is 46.3 Å². The van der Waals surface area contributed by atoms with Crippen molar-refractivity contribution in [3.63, 3.8) is 0 Å². The van der Waals surface area contributed by atoms with Crippen LogP contribution in [0.4, 0.5) is 0 Å². The second-order valence-electron chi connectivity index (χ2n) is 5.52. The minimum atomic E-state index is 0.585. The lowest BCUT2D eigenvalue weighted by Gasteiger charge is -2.11. The Kier molecular flexibility index (Phi) is 3.51. The van der Waals surface area contributed by atoms with E-state index in [-0.39, 0.29) is 0 Å². The van der Waals surface area contributed by atoms with Crippen LogP contribution in [0.2, 0.25) is 0 Å². The van der Waals surface area contributed by atoms with E-state index < -0.39 is 0 Å². The molecule has 0 spiro atoms. The average Bonchev–Trinajstić information content (AvgIpc) is 3.22. The molecule has 118 valence electrons. The molecule has 0 amide bonds. The molecule has 0 bridgehead atoms. The molecule has 0 radical (unpaired) electrons. The first-order valence-corrected chi connectivity index (χ1v) is 8.18. The van der Waals surface area contributed by atoms with Crippen LogP contribution in [0.25, 0.3) is 21.8 Å². The van der Waals surface area contributed by atoms with Crippen molar-refractivity contribution in [3.8, 4) is 11.8 Å². The number of nitriles is 1. The van der Waals surface area contributed by atoms with Gasteiger partial charge in [-0.3, -0.25) is 4.68 Å². The molecule has 0 aliphatic heterocycles. The molecule has 0 fully saturated rings. The van der Waals surface area contributed by atoms with E-state index >= 15 is 0 Å². The number of aromatic amines is 1. The van der Waals surface area contributed by atoms with Crippen molar-refractivity contribution in [3.05, 3.63) is 58.3 Å². The lowest BCUT2D eigenvalue weighted by Crippen LogP contribution is -2.03. The van der Waals surface area contributed by atoms with E-state index in [1.807, 2.05) is 35.3 Å². The number of halogens is 1. The summed E-state index contributed by atoms with van der Waals surface area (Å²) in [4.78, 5) is 3.24. The zero-order valence-electron chi connectivity index (χ0n) is 12.9. The van der Waals surface area contributed by atoms with Gasteiger partial charge in [0, 0.05) is 33.2 Å². The quantitative estimate of drug-likeness (QED) is 0.578. The molecule has 2 aromatic carbocycles. The summed E-state index contributed by atoms with van der Waals surface area (Å²) in [7, 11) is 1.67. The van der Waals surface area contributed by atoms with Gasteiger partial charge in [0.05, 0.1) is 36.3 Å². The maximum atomic E-state index is 9.02. The van der Waals surface area contributed by atoms with Gasteiger partial charge in [0.2, 0.25) is 0 Å². The number of fused-ring (bicyclic) bond motifs is 2. The number of rotatable bonds is 3. The zero-order chi connectivity index (χ0) is 16.7. The van der Waals surface area contributed by atoms with Gasteiger partial charge in [0.25, 0.3) is 0 Å². The van der Waals surface area contributed by atoms with Crippen molar-refractivity contribution in [2.24, 2.45) is 0 Å². The Hall–Kier alpha value is -2.78. The number of methoxy groups -OCH3 is 1. The smallest absolute Gasteiger partial charge is 0.125 e. The number of ether oxygens (including phenoxy) is 1. The first-order chi connectivity index (χ1) is 11.7. The van der Waals surface area contributed by atoms with Crippen LogP contribution in [-0.2, 0) is 6.54 Å². The predicted octanol–water partition coefficient (Wildman–Crippen LogP) is 4.21. The van der Waals surface area contributed by atoms with Gasteiger partial charge in [0.1, 0.15) is 5.75 Å². The summed E-state index contributed by atoms with van der Waals surface area (Å²) in [5.41, 5.74) is 3.52. The van der Waals surface area contributed by atoms with Crippen LogP contribution in [0.1, 0.15) is 11.1 Å². The maximum Gasteiger partial charge on any atom is 0.125 e. The predicted molar refractivity (Wildman–Crippen MR) is 96.1 cm³/mol. The summed E-state index contributed by atoms with van der Waals surface area (Å²) in [6.45, 7) is 0.585. The van der Waals surface area contributed by atoms with Gasteiger partial charge in [-0.15, -0.1) is 0 Å². The SMILES string of the molecule is COc1cc(Br)c2[nH]ccc2c1Cn1cc2ccc(C#N)cc2n1. The van der Waals surface area contributed by atoms with E-state index in [4.69, 9.17) is 10.00 Å². The highest BCUT2D eigenvalue weighted by Crippen LogP contribution is 2.34. The summed E-state index contributed by atoms with van der Waals surface area (Å²) < 4.78 is 8.40. The van der Waals surface area contributed by atoms with E-state index in [2.05, 4.69) is 32.1 Å². The summed E-state index contributed by atoms with van der Waals surface area (Å²) in [5, 5.41) is 15.7. The number of benzene rings is 2. The summed E-state index contributed by atoms with van der Waals surface area (Å²) in [6.07, 6.45) is 3.90. The molecular formula is C18H13BrN4O. The Morgan fingerprint density at radius 2 is 2.21 bits per heavy atom. The number of hydrogen-bond donors (Lipinski definition) is 1. The first-order valence-electron chi connectivity index (χ1n) is 7.39. The van der Waals surface area contributed by atoms with Crippen LogP contribution in [-0.4, -0.2) is 21.9 Å². The van der Waals surface area contributed by atoms with Gasteiger partial charge in [-0.25, -0.2) is 0 Å². The Morgan fingerprint density at radius 3 is 3.00 bits per heavy atom. The van der Waals surface area contributed by atoms with E-state index in [1.54, 1.807) is 19.2 Å². The van der Waals surface area contributed by atoms with Crippen LogP contribution >= 0.6 is 15.9 Å². The van der Waals surface area contributed by atoms with Crippen LogP contribution in [0.15, 0.2) is 47.2 Å². The molecule has 2 heterocycles. The number of nitrogens with zero attached hydrogens (tertiary/aromatic N) is 3. The molecule has 4 rings (SSSR count). The normalized spacial score (nSPS) is 11.0. The molecule has 0 atom stereocenters. The Bertz CT molecular complexity index is 1100. The summed E-state index contributed by atoms with van der Waals surface area (Å²) in [6, 6.07) is 11.7. The van der Waals surface area contributed by atoms with E-state index in [0.717, 1.165) is 37.6 Å². The van der Waals surface area contributed by atoms with Crippen LogP contribution < -0.4 is 4.74 Å². The molecule has 0 saturated carbocycles. The minimum absolute atomic E-state index is 0.585. The number of nitrogens with one attached hydrogen (secondary N) is 1. The number of aromatic nitrogens is 3. The fourth-order valence-corrected chi connectivity index (χ4v) is 3.49. The third-order valence-electron chi connectivity index (χ3n) is 4.09. The molecule has 5 nitrogen and oxygen atoms in total. The van der Waals surface area contributed by atoms with Crippen LogP contribution in [0, 0.1) is 11.3 Å².